The molecule has 2 rings (SSSR count). The Morgan fingerprint density at radius 3 is 2.82 bits per heavy atom. The van der Waals surface area contributed by atoms with Crippen molar-refractivity contribution in [2.24, 2.45) is 0 Å². The summed E-state index contributed by atoms with van der Waals surface area (Å²) in [6, 6.07) is 7.54. The zero-order chi connectivity index (χ0) is 12.1. The van der Waals surface area contributed by atoms with Crippen molar-refractivity contribution < 1.29 is 14.3 Å². The van der Waals surface area contributed by atoms with Gasteiger partial charge in [-0.2, -0.15) is 0 Å². The Balaban J connectivity index is 1.73. The molecule has 1 atom stereocenters. The summed E-state index contributed by atoms with van der Waals surface area (Å²) in [5, 5.41) is 0. The van der Waals surface area contributed by atoms with E-state index in [1.54, 1.807) is 0 Å². The summed E-state index contributed by atoms with van der Waals surface area (Å²) in [6.45, 7) is 1.23. The van der Waals surface area contributed by atoms with Crippen molar-refractivity contribution >= 4 is 11.7 Å². The average molecular weight is 235 g/mol. The summed E-state index contributed by atoms with van der Waals surface area (Å²) in [5.74, 6) is -0.155. The summed E-state index contributed by atoms with van der Waals surface area (Å²) in [5.41, 5.74) is 7.42. The first-order valence-electron chi connectivity index (χ1n) is 5.85. The van der Waals surface area contributed by atoms with Gasteiger partial charge in [0, 0.05) is 18.5 Å². The van der Waals surface area contributed by atoms with Gasteiger partial charge in [0.05, 0.1) is 13.2 Å². The number of carbonyl (C=O) groups excluding carboxylic acids is 1. The maximum atomic E-state index is 11.5. The molecule has 1 unspecified atom stereocenters. The molecule has 2 N–H and O–H groups in total. The number of rotatable bonds is 4. The van der Waals surface area contributed by atoms with E-state index in [2.05, 4.69) is 0 Å². The van der Waals surface area contributed by atoms with Crippen molar-refractivity contribution in [3.8, 4) is 0 Å². The maximum absolute atomic E-state index is 11.5. The van der Waals surface area contributed by atoms with Crippen LogP contribution >= 0.6 is 0 Å². The Hall–Kier alpha value is -1.55. The minimum absolute atomic E-state index is 0.0473. The molecule has 1 aliphatic heterocycles. The molecule has 0 aliphatic carbocycles. The number of hydrogen-bond donors (Lipinski definition) is 1. The lowest BCUT2D eigenvalue weighted by molar-refractivity contribution is -0.148. The Bertz CT molecular complexity index is 369. The standard InChI is InChI=1S/C13H17NO3/c14-11-4-1-10(2-5-11)3-6-13(15)17-12-7-8-16-9-12/h1-2,4-5,12H,3,6-9,14H2. The lowest BCUT2D eigenvalue weighted by Gasteiger charge is -2.09. The van der Waals surface area contributed by atoms with Gasteiger partial charge >= 0.3 is 5.97 Å². The van der Waals surface area contributed by atoms with E-state index in [9.17, 15) is 4.79 Å². The van der Waals surface area contributed by atoms with Crippen molar-refractivity contribution in [2.75, 3.05) is 18.9 Å². The predicted molar refractivity (Wildman–Crippen MR) is 64.5 cm³/mol. The first-order chi connectivity index (χ1) is 8.24. The first-order valence-corrected chi connectivity index (χ1v) is 5.85. The number of nitrogens with two attached hydrogens (primary N) is 1. The van der Waals surface area contributed by atoms with E-state index in [0.717, 1.165) is 17.7 Å². The number of ether oxygens (including phenoxy) is 2. The van der Waals surface area contributed by atoms with Crippen LogP contribution in [0.1, 0.15) is 18.4 Å². The fraction of sp³-hybridized carbons (Fsp3) is 0.462. The highest BCUT2D eigenvalue weighted by Gasteiger charge is 2.19. The zero-order valence-electron chi connectivity index (χ0n) is 9.72. The maximum Gasteiger partial charge on any atom is 0.306 e. The molecule has 0 aromatic heterocycles. The van der Waals surface area contributed by atoms with Gasteiger partial charge in [0.15, 0.2) is 0 Å². The smallest absolute Gasteiger partial charge is 0.306 e. The van der Waals surface area contributed by atoms with Gasteiger partial charge in [-0.1, -0.05) is 12.1 Å². The minimum atomic E-state index is -0.155. The number of nitrogen functional groups attached to an aromatic ring is 1. The third-order valence-corrected chi connectivity index (χ3v) is 2.78. The van der Waals surface area contributed by atoms with E-state index in [4.69, 9.17) is 15.2 Å². The molecular weight excluding hydrogens is 218 g/mol. The summed E-state index contributed by atoms with van der Waals surface area (Å²) in [7, 11) is 0. The quantitative estimate of drug-likeness (QED) is 0.635. The van der Waals surface area contributed by atoms with E-state index in [0.29, 0.717) is 26.1 Å². The molecule has 4 nitrogen and oxygen atoms in total. The van der Waals surface area contributed by atoms with Crippen LogP contribution in [0, 0.1) is 0 Å². The number of carbonyl (C=O) groups is 1. The molecule has 1 heterocycles. The molecule has 4 heteroatoms. The van der Waals surface area contributed by atoms with Crippen LogP contribution in [-0.2, 0) is 20.7 Å². The molecule has 1 aromatic rings. The second kappa shape index (κ2) is 5.68. The Kier molecular flexibility index (Phi) is 3.98. The summed E-state index contributed by atoms with van der Waals surface area (Å²) in [6.07, 6.45) is 1.86. The van der Waals surface area contributed by atoms with Gasteiger partial charge in [0.1, 0.15) is 6.10 Å². The highest BCUT2D eigenvalue weighted by atomic mass is 16.6. The van der Waals surface area contributed by atoms with Crippen LogP contribution in [0.25, 0.3) is 0 Å². The van der Waals surface area contributed by atoms with Crippen molar-refractivity contribution in [1.82, 2.24) is 0 Å². The van der Waals surface area contributed by atoms with Crippen LogP contribution in [0.15, 0.2) is 24.3 Å². The van der Waals surface area contributed by atoms with E-state index in [1.165, 1.54) is 0 Å². The predicted octanol–water partition coefficient (Wildman–Crippen LogP) is 1.53. The van der Waals surface area contributed by atoms with Crippen LogP contribution in [-0.4, -0.2) is 25.3 Å². The molecule has 0 amide bonds. The summed E-state index contributed by atoms with van der Waals surface area (Å²) in [4.78, 5) is 11.5. The monoisotopic (exact) mass is 235 g/mol. The molecule has 0 bridgehead atoms. The third kappa shape index (κ3) is 3.75. The lowest BCUT2D eigenvalue weighted by atomic mass is 10.1. The number of anilines is 1. The Morgan fingerprint density at radius 2 is 2.18 bits per heavy atom. The number of hydrogen-bond acceptors (Lipinski definition) is 4. The van der Waals surface area contributed by atoms with Crippen LogP contribution in [0.2, 0.25) is 0 Å². The average Bonchev–Trinajstić information content (AvgIpc) is 2.81. The first kappa shape index (κ1) is 11.9. The third-order valence-electron chi connectivity index (χ3n) is 2.78. The van der Waals surface area contributed by atoms with Crippen molar-refractivity contribution in [1.29, 1.82) is 0 Å². The molecular formula is C13H17NO3. The summed E-state index contributed by atoms with van der Waals surface area (Å²) >= 11 is 0. The van der Waals surface area contributed by atoms with Gasteiger partial charge in [-0.25, -0.2) is 0 Å². The molecule has 1 saturated heterocycles. The highest BCUT2D eigenvalue weighted by molar-refractivity contribution is 5.70. The normalized spacial score (nSPS) is 19.2. The van der Waals surface area contributed by atoms with Gasteiger partial charge < -0.3 is 15.2 Å². The van der Waals surface area contributed by atoms with E-state index in [1.807, 2.05) is 24.3 Å². The second-order valence-corrected chi connectivity index (χ2v) is 4.22. The molecule has 1 aromatic carbocycles. The van der Waals surface area contributed by atoms with Crippen LogP contribution < -0.4 is 5.73 Å². The molecule has 1 aliphatic rings. The van der Waals surface area contributed by atoms with Crippen LogP contribution in [0.5, 0.6) is 0 Å². The number of esters is 1. The van der Waals surface area contributed by atoms with Gasteiger partial charge in [-0.3, -0.25) is 4.79 Å². The van der Waals surface area contributed by atoms with E-state index in [-0.39, 0.29) is 12.1 Å². The van der Waals surface area contributed by atoms with Gasteiger partial charge in [-0.05, 0) is 24.1 Å². The topological polar surface area (TPSA) is 61.6 Å². The largest absolute Gasteiger partial charge is 0.460 e. The number of benzene rings is 1. The molecule has 17 heavy (non-hydrogen) atoms. The Labute approximate surface area is 101 Å². The SMILES string of the molecule is Nc1ccc(CCC(=O)OC2CCOC2)cc1. The Morgan fingerprint density at radius 1 is 1.41 bits per heavy atom. The summed E-state index contributed by atoms with van der Waals surface area (Å²) < 4.78 is 10.4. The highest BCUT2D eigenvalue weighted by Crippen LogP contribution is 2.11. The van der Waals surface area contributed by atoms with Crippen LogP contribution in [0.4, 0.5) is 5.69 Å². The van der Waals surface area contributed by atoms with Crippen LogP contribution in [0.3, 0.4) is 0 Å². The molecule has 0 radical (unpaired) electrons. The molecule has 1 fully saturated rings. The fourth-order valence-corrected chi connectivity index (χ4v) is 1.78. The van der Waals surface area contributed by atoms with Gasteiger partial charge in [-0.15, -0.1) is 0 Å². The minimum Gasteiger partial charge on any atom is -0.460 e. The van der Waals surface area contributed by atoms with E-state index >= 15 is 0 Å². The fourth-order valence-electron chi connectivity index (χ4n) is 1.78. The zero-order valence-corrected chi connectivity index (χ0v) is 9.72. The second-order valence-electron chi connectivity index (χ2n) is 4.22. The lowest BCUT2D eigenvalue weighted by Crippen LogP contribution is -2.18. The molecule has 92 valence electrons. The van der Waals surface area contributed by atoms with E-state index < -0.39 is 0 Å². The van der Waals surface area contributed by atoms with Crippen molar-refractivity contribution in [3.63, 3.8) is 0 Å². The van der Waals surface area contributed by atoms with Gasteiger partial charge in [0.2, 0.25) is 0 Å². The van der Waals surface area contributed by atoms with Crippen molar-refractivity contribution in [3.05, 3.63) is 29.8 Å². The van der Waals surface area contributed by atoms with Crippen molar-refractivity contribution in [2.45, 2.75) is 25.4 Å². The number of aryl methyl sites for hydroxylation is 1. The molecule has 0 saturated carbocycles. The molecule has 0 spiro atoms. The van der Waals surface area contributed by atoms with Gasteiger partial charge in [0.25, 0.3) is 0 Å².